The number of ether oxygens (including phenoxy) is 1. The first-order valence-electron chi connectivity index (χ1n) is 8.34. The highest BCUT2D eigenvalue weighted by Crippen LogP contribution is 2.42. The average Bonchev–Trinajstić information content (AvgIpc) is 3.06. The Morgan fingerprint density at radius 1 is 1.30 bits per heavy atom. The third-order valence-electron chi connectivity index (χ3n) is 5.42. The Morgan fingerprint density at radius 3 is 3.00 bits per heavy atom. The standard InChI is InChI=1S/C16H26N2OS/c1-11-3-2-7-16(9-11)10-20-15(18-16)17-13-6-8-19-14(13)12-4-5-12/h11-14H,2-10H2,1H3,(H,17,18). The van der Waals surface area contributed by atoms with Crippen molar-refractivity contribution in [3.63, 3.8) is 0 Å². The van der Waals surface area contributed by atoms with Crippen LogP contribution in [0.3, 0.4) is 0 Å². The van der Waals surface area contributed by atoms with Gasteiger partial charge in [0.25, 0.3) is 0 Å². The van der Waals surface area contributed by atoms with E-state index in [4.69, 9.17) is 9.73 Å². The van der Waals surface area contributed by atoms with Crippen LogP contribution in [0.1, 0.15) is 51.9 Å². The lowest BCUT2D eigenvalue weighted by atomic mass is 9.78. The molecule has 0 bridgehead atoms. The first-order chi connectivity index (χ1) is 9.74. The Bertz CT molecular complexity index is 409. The summed E-state index contributed by atoms with van der Waals surface area (Å²) in [6.45, 7) is 3.31. The number of hydrogen-bond acceptors (Lipinski definition) is 3. The number of thioether (sulfide) groups is 1. The van der Waals surface area contributed by atoms with E-state index in [1.165, 1.54) is 49.4 Å². The van der Waals surface area contributed by atoms with Crippen LogP contribution in [0.2, 0.25) is 0 Å². The van der Waals surface area contributed by atoms with Gasteiger partial charge in [0, 0.05) is 17.9 Å². The van der Waals surface area contributed by atoms with E-state index in [1.807, 2.05) is 11.8 Å². The summed E-state index contributed by atoms with van der Waals surface area (Å²) in [7, 11) is 0. The van der Waals surface area contributed by atoms with Crippen LogP contribution in [0.5, 0.6) is 0 Å². The van der Waals surface area contributed by atoms with Crippen LogP contribution in [0.15, 0.2) is 4.99 Å². The van der Waals surface area contributed by atoms with Gasteiger partial charge in [0.2, 0.25) is 0 Å². The Labute approximate surface area is 126 Å². The molecule has 2 saturated heterocycles. The van der Waals surface area contributed by atoms with Gasteiger partial charge in [0.15, 0.2) is 5.17 Å². The van der Waals surface area contributed by atoms with Crippen molar-refractivity contribution >= 4 is 16.9 Å². The highest BCUT2D eigenvalue weighted by atomic mass is 32.2. The molecule has 4 heteroatoms. The minimum atomic E-state index is 0.357. The van der Waals surface area contributed by atoms with Crippen molar-refractivity contribution in [3.05, 3.63) is 0 Å². The van der Waals surface area contributed by atoms with Crippen LogP contribution in [-0.2, 0) is 4.74 Å². The number of rotatable bonds is 2. The molecule has 20 heavy (non-hydrogen) atoms. The van der Waals surface area contributed by atoms with Crippen LogP contribution >= 0.6 is 11.8 Å². The lowest BCUT2D eigenvalue weighted by Gasteiger charge is -2.36. The monoisotopic (exact) mass is 294 g/mol. The topological polar surface area (TPSA) is 33.6 Å². The minimum absolute atomic E-state index is 0.357. The fourth-order valence-electron chi connectivity index (χ4n) is 4.24. The summed E-state index contributed by atoms with van der Waals surface area (Å²) >= 11 is 1.95. The highest BCUT2D eigenvalue weighted by Gasteiger charge is 2.43. The maximum absolute atomic E-state index is 5.91. The maximum atomic E-state index is 5.91. The van der Waals surface area contributed by atoms with Crippen molar-refractivity contribution in [3.8, 4) is 0 Å². The van der Waals surface area contributed by atoms with E-state index in [0.29, 0.717) is 17.7 Å². The first-order valence-corrected chi connectivity index (χ1v) is 9.33. The second-order valence-corrected chi connectivity index (χ2v) is 8.32. The quantitative estimate of drug-likeness (QED) is 0.849. The van der Waals surface area contributed by atoms with Crippen LogP contribution in [0.4, 0.5) is 0 Å². The highest BCUT2D eigenvalue weighted by molar-refractivity contribution is 8.14. The molecule has 4 fully saturated rings. The molecule has 2 aliphatic carbocycles. The average molecular weight is 294 g/mol. The number of aliphatic imine (C=N–C) groups is 1. The van der Waals surface area contributed by atoms with Crippen LogP contribution in [0, 0.1) is 11.8 Å². The lowest BCUT2D eigenvalue weighted by molar-refractivity contribution is 0.0875. The van der Waals surface area contributed by atoms with E-state index >= 15 is 0 Å². The fourth-order valence-corrected chi connectivity index (χ4v) is 5.49. The zero-order valence-corrected chi connectivity index (χ0v) is 13.3. The van der Waals surface area contributed by atoms with Gasteiger partial charge in [0.05, 0.1) is 12.1 Å². The van der Waals surface area contributed by atoms with Gasteiger partial charge in [-0.3, -0.25) is 4.99 Å². The third-order valence-corrected chi connectivity index (χ3v) is 6.60. The minimum Gasteiger partial charge on any atom is -0.376 e. The Kier molecular flexibility index (Phi) is 3.50. The van der Waals surface area contributed by atoms with Crippen molar-refractivity contribution in [2.75, 3.05) is 12.4 Å². The van der Waals surface area contributed by atoms with Gasteiger partial charge in [-0.15, -0.1) is 0 Å². The van der Waals surface area contributed by atoms with Gasteiger partial charge in [0.1, 0.15) is 0 Å². The van der Waals surface area contributed by atoms with Gasteiger partial charge < -0.3 is 10.1 Å². The normalized spacial score (nSPS) is 47.0. The fraction of sp³-hybridized carbons (Fsp3) is 0.938. The predicted octanol–water partition coefficient (Wildman–Crippen LogP) is 3.20. The summed E-state index contributed by atoms with van der Waals surface area (Å²) in [4.78, 5) is 5.04. The van der Waals surface area contributed by atoms with Crippen molar-refractivity contribution in [1.82, 2.24) is 5.32 Å². The number of hydrogen-bond donors (Lipinski definition) is 1. The second kappa shape index (κ2) is 5.20. The first kappa shape index (κ1) is 13.4. The molecule has 3 nitrogen and oxygen atoms in total. The molecule has 4 unspecified atom stereocenters. The molecule has 0 amide bonds. The maximum Gasteiger partial charge on any atom is 0.157 e. The largest absolute Gasteiger partial charge is 0.376 e. The summed E-state index contributed by atoms with van der Waals surface area (Å²) in [6, 6.07) is 0.425. The van der Waals surface area contributed by atoms with E-state index < -0.39 is 0 Å². The smallest absolute Gasteiger partial charge is 0.157 e. The van der Waals surface area contributed by atoms with Gasteiger partial charge in [-0.1, -0.05) is 31.5 Å². The van der Waals surface area contributed by atoms with Gasteiger partial charge in [-0.2, -0.15) is 0 Å². The zero-order chi connectivity index (χ0) is 13.6. The Hall–Kier alpha value is -0.220. The number of nitrogens with one attached hydrogen (secondary N) is 1. The molecule has 0 radical (unpaired) electrons. The molecule has 2 saturated carbocycles. The molecule has 4 rings (SSSR count). The molecule has 2 heterocycles. The van der Waals surface area contributed by atoms with Crippen LogP contribution < -0.4 is 5.32 Å². The second-order valence-electron chi connectivity index (χ2n) is 7.36. The number of amidine groups is 1. The third kappa shape index (κ3) is 2.61. The molecule has 1 spiro atoms. The van der Waals surface area contributed by atoms with Crippen LogP contribution in [0.25, 0.3) is 0 Å². The van der Waals surface area contributed by atoms with E-state index in [1.54, 1.807) is 0 Å². The summed E-state index contributed by atoms with van der Waals surface area (Å²) in [6.07, 6.45) is 9.69. The summed E-state index contributed by atoms with van der Waals surface area (Å²) < 4.78 is 5.91. The Balaban J connectivity index is 1.43. The summed E-state index contributed by atoms with van der Waals surface area (Å²) in [5.74, 6) is 2.89. The molecule has 112 valence electrons. The number of nitrogens with zero attached hydrogens (tertiary/aromatic N) is 1. The molecule has 4 atom stereocenters. The van der Waals surface area contributed by atoms with E-state index in [9.17, 15) is 0 Å². The predicted molar refractivity (Wildman–Crippen MR) is 84.3 cm³/mol. The molecule has 4 aliphatic rings. The van der Waals surface area contributed by atoms with E-state index in [2.05, 4.69) is 12.2 Å². The molecule has 0 aromatic rings. The van der Waals surface area contributed by atoms with Crippen LogP contribution in [-0.4, -0.2) is 35.2 Å². The molecule has 0 aromatic heterocycles. The van der Waals surface area contributed by atoms with E-state index in [-0.39, 0.29) is 0 Å². The van der Waals surface area contributed by atoms with Gasteiger partial charge >= 0.3 is 0 Å². The summed E-state index contributed by atoms with van der Waals surface area (Å²) in [5, 5.41) is 5.01. The molecular formula is C16H26N2OS. The molecule has 1 N–H and O–H groups in total. The summed E-state index contributed by atoms with van der Waals surface area (Å²) in [5.41, 5.74) is 0.357. The molecule has 0 aromatic carbocycles. The molecular weight excluding hydrogens is 268 g/mol. The van der Waals surface area contributed by atoms with Crippen molar-refractivity contribution in [1.29, 1.82) is 0 Å². The van der Waals surface area contributed by atoms with Crippen molar-refractivity contribution in [2.45, 2.75) is 69.6 Å². The van der Waals surface area contributed by atoms with Crippen molar-refractivity contribution in [2.24, 2.45) is 16.8 Å². The zero-order valence-electron chi connectivity index (χ0n) is 12.4. The van der Waals surface area contributed by atoms with E-state index in [0.717, 1.165) is 24.9 Å². The SMILES string of the molecule is CC1CCCC2(CSC(=NC3CCOC3C3CC3)N2)C1. The lowest BCUT2D eigenvalue weighted by Crippen LogP contribution is -2.47. The molecule has 2 aliphatic heterocycles. The van der Waals surface area contributed by atoms with Crippen molar-refractivity contribution < 1.29 is 4.74 Å². The van der Waals surface area contributed by atoms with Gasteiger partial charge in [-0.05, 0) is 43.9 Å². The Morgan fingerprint density at radius 2 is 2.20 bits per heavy atom. The van der Waals surface area contributed by atoms with Gasteiger partial charge in [-0.25, -0.2) is 0 Å².